The van der Waals surface area contributed by atoms with E-state index in [0.29, 0.717) is 24.4 Å². The van der Waals surface area contributed by atoms with E-state index in [9.17, 15) is 9.59 Å². The van der Waals surface area contributed by atoms with Gasteiger partial charge in [0.25, 0.3) is 11.8 Å². The largest absolute Gasteiger partial charge is 0.482 e. The van der Waals surface area contributed by atoms with Crippen LogP contribution in [0.3, 0.4) is 0 Å². The molecule has 0 fully saturated rings. The summed E-state index contributed by atoms with van der Waals surface area (Å²) in [5.74, 6) is -0.595. The zero-order valence-corrected chi connectivity index (χ0v) is 12.9. The lowest BCUT2D eigenvalue weighted by Crippen LogP contribution is -2.26. The summed E-state index contributed by atoms with van der Waals surface area (Å²) in [7, 11) is 0. The molecule has 0 heterocycles. The maximum atomic E-state index is 12.0. The molecule has 0 saturated carbocycles. The molecule has 0 radical (unpaired) electrons. The highest BCUT2D eigenvalue weighted by Gasteiger charge is 2.10. The Morgan fingerprint density at radius 3 is 2.68 bits per heavy atom. The van der Waals surface area contributed by atoms with Crippen molar-refractivity contribution >= 4 is 17.5 Å². The van der Waals surface area contributed by atoms with Gasteiger partial charge in [0.15, 0.2) is 6.61 Å². The monoisotopic (exact) mass is 309 g/mol. The van der Waals surface area contributed by atoms with Crippen molar-refractivity contribution in [1.29, 1.82) is 0 Å². The van der Waals surface area contributed by atoms with E-state index in [1.165, 1.54) is 6.07 Å². The molecule has 0 saturated heterocycles. The summed E-state index contributed by atoms with van der Waals surface area (Å²) >= 11 is 0. The average Bonchev–Trinajstić information content (AvgIpc) is 2.45. The number of benzene rings is 1. The Morgan fingerprint density at radius 2 is 2.05 bits per heavy atom. The molecule has 0 atom stereocenters. The molecule has 22 heavy (non-hydrogen) atoms. The molecule has 1 aromatic carbocycles. The van der Waals surface area contributed by atoms with Gasteiger partial charge in [-0.1, -0.05) is 0 Å². The van der Waals surface area contributed by atoms with E-state index in [1.54, 1.807) is 12.1 Å². The molecule has 7 heteroatoms. The van der Waals surface area contributed by atoms with Crippen LogP contribution in [-0.2, 0) is 9.53 Å². The highest BCUT2D eigenvalue weighted by atomic mass is 16.5. The number of hydrogen-bond donors (Lipinski definition) is 3. The van der Waals surface area contributed by atoms with E-state index < -0.39 is 5.91 Å². The molecule has 0 unspecified atom stereocenters. The first-order valence-electron chi connectivity index (χ1n) is 7.10. The van der Waals surface area contributed by atoms with Gasteiger partial charge in [0, 0.05) is 18.7 Å². The summed E-state index contributed by atoms with van der Waals surface area (Å²) in [6.45, 7) is 4.73. The van der Waals surface area contributed by atoms with Crippen molar-refractivity contribution < 1.29 is 19.1 Å². The molecular formula is C15H23N3O4. The van der Waals surface area contributed by atoms with Gasteiger partial charge in [-0.3, -0.25) is 9.59 Å². The van der Waals surface area contributed by atoms with Crippen molar-refractivity contribution in [3.63, 3.8) is 0 Å². The normalized spacial score (nSPS) is 10.5. The van der Waals surface area contributed by atoms with Crippen molar-refractivity contribution in [2.75, 3.05) is 25.5 Å². The van der Waals surface area contributed by atoms with E-state index in [0.717, 1.165) is 6.42 Å². The molecular weight excluding hydrogens is 286 g/mol. The van der Waals surface area contributed by atoms with Crippen LogP contribution in [0.1, 0.15) is 30.6 Å². The number of carbonyl (C=O) groups excluding carboxylic acids is 2. The van der Waals surface area contributed by atoms with Gasteiger partial charge in [-0.05, 0) is 38.5 Å². The van der Waals surface area contributed by atoms with E-state index in [1.807, 2.05) is 13.8 Å². The van der Waals surface area contributed by atoms with E-state index in [2.05, 4.69) is 5.32 Å². The quantitative estimate of drug-likeness (QED) is 0.458. The van der Waals surface area contributed by atoms with Crippen molar-refractivity contribution in [2.45, 2.75) is 26.4 Å². The first-order chi connectivity index (χ1) is 10.4. The highest BCUT2D eigenvalue weighted by molar-refractivity contribution is 5.95. The number of rotatable bonds is 9. The van der Waals surface area contributed by atoms with Crippen LogP contribution in [0.25, 0.3) is 0 Å². The van der Waals surface area contributed by atoms with Gasteiger partial charge in [-0.2, -0.15) is 0 Å². The summed E-state index contributed by atoms with van der Waals surface area (Å²) < 4.78 is 10.5. The Hall–Kier alpha value is -2.28. The van der Waals surface area contributed by atoms with Crippen molar-refractivity contribution in [2.24, 2.45) is 5.73 Å². The molecule has 0 aliphatic heterocycles. The van der Waals surface area contributed by atoms with Crippen molar-refractivity contribution in [1.82, 2.24) is 5.32 Å². The lowest BCUT2D eigenvalue weighted by Gasteiger charge is -2.10. The molecule has 0 bridgehead atoms. The van der Waals surface area contributed by atoms with Gasteiger partial charge in [0.1, 0.15) is 5.75 Å². The van der Waals surface area contributed by atoms with Crippen LogP contribution in [0, 0.1) is 0 Å². The third kappa shape index (κ3) is 6.45. The first-order valence-corrected chi connectivity index (χ1v) is 7.10. The van der Waals surface area contributed by atoms with Gasteiger partial charge >= 0.3 is 0 Å². The second-order valence-electron chi connectivity index (χ2n) is 5.04. The topological polar surface area (TPSA) is 117 Å². The van der Waals surface area contributed by atoms with Crippen LogP contribution < -0.4 is 21.5 Å². The van der Waals surface area contributed by atoms with Gasteiger partial charge < -0.3 is 26.3 Å². The summed E-state index contributed by atoms with van der Waals surface area (Å²) in [6, 6.07) is 4.62. The minimum absolute atomic E-state index is 0.178. The van der Waals surface area contributed by atoms with Crippen molar-refractivity contribution in [3.8, 4) is 5.75 Å². The molecule has 7 nitrogen and oxygen atoms in total. The third-order valence-electron chi connectivity index (χ3n) is 2.70. The maximum absolute atomic E-state index is 12.0. The summed E-state index contributed by atoms with van der Waals surface area (Å²) in [5.41, 5.74) is 11.5. The minimum atomic E-state index is -0.612. The number of hydrogen-bond acceptors (Lipinski definition) is 5. The number of carbonyl (C=O) groups is 2. The van der Waals surface area contributed by atoms with Crippen LogP contribution in [0.5, 0.6) is 5.75 Å². The smallest absolute Gasteiger partial charge is 0.255 e. The van der Waals surface area contributed by atoms with E-state index >= 15 is 0 Å². The molecule has 0 aliphatic carbocycles. The van der Waals surface area contributed by atoms with Crippen molar-refractivity contribution in [3.05, 3.63) is 23.8 Å². The second-order valence-corrected chi connectivity index (χ2v) is 5.04. The fraction of sp³-hybridized carbons (Fsp3) is 0.467. The number of nitrogens with two attached hydrogens (primary N) is 2. The Labute approximate surface area is 129 Å². The average molecular weight is 309 g/mol. The number of anilines is 1. The predicted octanol–water partition coefficient (Wildman–Crippen LogP) is 0.678. The first kappa shape index (κ1) is 17.8. The summed E-state index contributed by atoms with van der Waals surface area (Å²) in [4.78, 5) is 22.7. The van der Waals surface area contributed by atoms with E-state index in [-0.39, 0.29) is 24.4 Å². The molecule has 1 aromatic rings. The standard InChI is InChI=1S/C15H23N3O4/c1-10(2)21-7-3-6-18-15(20)11-4-5-12(16)13(8-11)22-9-14(17)19/h4-5,8,10H,3,6-7,9,16H2,1-2H3,(H2,17,19)(H,18,20). The molecule has 0 aromatic heterocycles. The fourth-order valence-corrected chi connectivity index (χ4v) is 1.64. The van der Waals surface area contributed by atoms with E-state index in [4.69, 9.17) is 20.9 Å². The van der Waals surface area contributed by atoms with Crippen LogP contribution in [0.2, 0.25) is 0 Å². The molecule has 122 valence electrons. The van der Waals surface area contributed by atoms with Crippen LogP contribution >= 0.6 is 0 Å². The summed E-state index contributed by atoms with van der Waals surface area (Å²) in [5, 5.41) is 2.78. The lowest BCUT2D eigenvalue weighted by atomic mass is 10.1. The van der Waals surface area contributed by atoms with Crippen LogP contribution in [-0.4, -0.2) is 37.7 Å². The molecule has 0 spiro atoms. The minimum Gasteiger partial charge on any atom is -0.482 e. The SMILES string of the molecule is CC(C)OCCCNC(=O)c1ccc(N)c(OCC(N)=O)c1. The fourth-order valence-electron chi connectivity index (χ4n) is 1.64. The number of amides is 2. The molecule has 2 amide bonds. The van der Waals surface area contributed by atoms with Gasteiger partial charge in [-0.15, -0.1) is 0 Å². The van der Waals surface area contributed by atoms with Crippen LogP contribution in [0.4, 0.5) is 5.69 Å². The van der Waals surface area contributed by atoms with Gasteiger partial charge in [0.2, 0.25) is 0 Å². The maximum Gasteiger partial charge on any atom is 0.255 e. The zero-order valence-electron chi connectivity index (χ0n) is 12.9. The third-order valence-corrected chi connectivity index (χ3v) is 2.70. The van der Waals surface area contributed by atoms with Gasteiger partial charge in [0.05, 0.1) is 11.8 Å². The Kier molecular flexibility index (Phi) is 7.18. The zero-order chi connectivity index (χ0) is 16.5. The summed E-state index contributed by atoms with van der Waals surface area (Å²) in [6.07, 6.45) is 0.905. The lowest BCUT2D eigenvalue weighted by molar-refractivity contribution is -0.119. The highest BCUT2D eigenvalue weighted by Crippen LogP contribution is 2.22. The molecule has 5 N–H and O–H groups in total. The molecule has 1 rings (SSSR count). The Bertz CT molecular complexity index is 518. The second kappa shape index (κ2) is 8.89. The number of primary amides is 1. The predicted molar refractivity (Wildman–Crippen MR) is 83.6 cm³/mol. The number of nitrogen functional groups attached to an aromatic ring is 1. The van der Waals surface area contributed by atoms with Gasteiger partial charge in [-0.25, -0.2) is 0 Å². The van der Waals surface area contributed by atoms with Crippen LogP contribution in [0.15, 0.2) is 18.2 Å². The number of ether oxygens (including phenoxy) is 2. The number of nitrogens with one attached hydrogen (secondary N) is 1. The molecule has 0 aliphatic rings. The Morgan fingerprint density at radius 1 is 1.32 bits per heavy atom. The Balaban J connectivity index is 2.51.